The Kier molecular flexibility index (Phi) is 3.96. The van der Waals surface area contributed by atoms with Crippen molar-refractivity contribution >= 4 is 5.97 Å². The lowest BCUT2D eigenvalue weighted by molar-refractivity contribution is -0.165. The Bertz CT molecular complexity index is 208. The molecular weight excluding hydrogens is 168 g/mol. The van der Waals surface area contributed by atoms with Crippen molar-refractivity contribution in [2.75, 3.05) is 7.11 Å². The van der Waals surface area contributed by atoms with Gasteiger partial charge >= 0.3 is 5.97 Å². The fourth-order valence-corrected chi connectivity index (χ4v) is 1.30. The Balaban J connectivity index is 2.42. The van der Waals surface area contributed by atoms with Crippen LogP contribution in [0.1, 0.15) is 32.6 Å². The largest absolute Gasteiger partial charge is 0.433 e. The monoisotopic (exact) mass is 184 g/mol. The maximum absolute atomic E-state index is 11.4. The molecule has 0 saturated carbocycles. The minimum absolute atomic E-state index is 0.228. The molecule has 0 spiro atoms. The molecule has 0 aliphatic heterocycles. The van der Waals surface area contributed by atoms with E-state index >= 15 is 0 Å². The maximum Gasteiger partial charge on any atom is 0.335 e. The molecule has 1 unspecified atom stereocenters. The van der Waals surface area contributed by atoms with Gasteiger partial charge in [-0.3, -0.25) is 0 Å². The number of esters is 1. The molecule has 1 aliphatic carbocycles. The Morgan fingerprint density at radius 1 is 1.54 bits per heavy atom. The van der Waals surface area contributed by atoms with E-state index < -0.39 is 6.29 Å². The summed E-state index contributed by atoms with van der Waals surface area (Å²) in [6, 6.07) is 0. The number of allylic oxidation sites excluding steroid dienone is 1. The molecule has 0 fully saturated rings. The van der Waals surface area contributed by atoms with Gasteiger partial charge in [0.15, 0.2) is 6.29 Å². The van der Waals surface area contributed by atoms with E-state index in [0.29, 0.717) is 0 Å². The molecule has 1 atom stereocenters. The van der Waals surface area contributed by atoms with Crippen molar-refractivity contribution in [2.45, 2.75) is 38.9 Å². The van der Waals surface area contributed by atoms with Crippen LogP contribution in [0.25, 0.3) is 0 Å². The summed E-state index contributed by atoms with van der Waals surface area (Å²) in [5, 5.41) is 0. The van der Waals surface area contributed by atoms with Crippen LogP contribution in [0.5, 0.6) is 0 Å². The van der Waals surface area contributed by atoms with Crippen LogP contribution in [0.15, 0.2) is 11.6 Å². The first kappa shape index (κ1) is 10.3. The molecule has 0 N–H and O–H groups in total. The van der Waals surface area contributed by atoms with Crippen molar-refractivity contribution in [2.24, 2.45) is 0 Å². The zero-order valence-corrected chi connectivity index (χ0v) is 8.21. The van der Waals surface area contributed by atoms with Gasteiger partial charge in [-0.1, -0.05) is 6.08 Å². The molecule has 3 heteroatoms. The Hall–Kier alpha value is -0.830. The second kappa shape index (κ2) is 5.02. The smallest absolute Gasteiger partial charge is 0.335 e. The quantitative estimate of drug-likeness (QED) is 0.497. The normalized spacial score (nSPS) is 19.1. The first-order chi connectivity index (χ1) is 6.24. The van der Waals surface area contributed by atoms with E-state index in [1.807, 2.05) is 6.08 Å². The zero-order valence-electron chi connectivity index (χ0n) is 8.21. The standard InChI is InChI=1S/C10H16O3/c1-8(12-2)13-10(11)9-6-4-3-5-7-9/h6,8H,3-5,7H2,1-2H3. The van der Waals surface area contributed by atoms with Crippen molar-refractivity contribution < 1.29 is 14.3 Å². The zero-order chi connectivity index (χ0) is 9.68. The summed E-state index contributed by atoms with van der Waals surface area (Å²) in [7, 11) is 1.52. The third-order valence-electron chi connectivity index (χ3n) is 2.16. The van der Waals surface area contributed by atoms with E-state index in [1.54, 1.807) is 6.92 Å². The number of methoxy groups -OCH3 is 1. The van der Waals surface area contributed by atoms with Gasteiger partial charge in [-0.05, 0) is 32.6 Å². The Morgan fingerprint density at radius 3 is 2.85 bits per heavy atom. The predicted molar refractivity (Wildman–Crippen MR) is 49.1 cm³/mol. The molecule has 0 heterocycles. The third-order valence-corrected chi connectivity index (χ3v) is 2.16. The van der Waals surface area contributed by atoms with Gasteiger partial charge in [0.1, 0.15) is 0 Å². The summed E-state index contributed by atoms with van der Waals surface area (Å²) in [5.41, 5.74) is 0.801. The second-order valence-corrected chi connectivity index (χ2v) is 3.18. The van der Waals surface area contributed by atoms with Crippen molar-refractivity contribution in [3.05, 3.63) is 11.6 Å². The third kappa shape index (κ3) is 3.19. The topological polar surface area (TPSA) is 35.5 Å². The van der Waals surface area contributed by atoms with Crippen LogP contribution >= 0.6 is 0 Å². The molecule has 1 rings (SSSR count). The Labute approximate surface area is 78.7 Å². The number of rotatable bonds is 3. The van der Waals surface area contributed by atoms with Gasteiger partial charge < -0.3 is 9.47 Å². The fraction of sp³-hybridized carbons (Fsp3) is 0.700. The first-order valence-electron chi connectivity index (χ1n) is 4.67. The van der Waals surface area contributed by atoms with Crippen LogP contribution in [-0.2, 0) is 14.3 Å². The van der Waals surface area contributed by atoms with Crippen LogP contribution in [-0.4, -0.2) is 19.4 Å². The molecule has 0 aromatic heterocycles. The van der Waals surface area contributed by atoms with E-state index in [1.165, 1.54) is 13.5 Å². The van der Waals surface area contributed by atoms with Gasteiger partial charge in [0.05, 0.1) is 0 Å². The van der Waals surface area contributed by atoms with Gasteiger partial charge in [-0.15, -0.1) is 0 Å². The minimum atomic E-state index is -0.449. The number of hydrogen-bond acceptors (Lipinski definition) is 3. The lowest BCUT2D eigenvalue weighted by Gasteiger charge is -2.15. The molecule has 0 amide bonds. The molecule has 1 aliphatic rings. The number of carbonyl (C=O) groups excluding carboxylic acids is 1. The average molecular weight is 184 g/mol. The number of ether oxygens (including phenoxy) is 2. The highest BCUT2D eigenvalue weighted by atomic mass is 16.7. The second-order valence-electron chi connectivity index (χ2n) is 3.18. The summed E-state index contributed by atoms with van der Waals surface area (Å²) >= 11 is 0. The van der Waals surface area contributed by atoms with E-state index in [-0.39, 0.29) is 5.97 Å². The molecule has 0 aromatic rings. The highest BCUT2D eigenvalue weighted by Crippen LogP contribution is 2.18. The Morgan fingerprint density at radius 2 is 2.31 bits per heavy atom. The van der Waals surface area contributed by atoms with Gasteiger partial charge in [0.25, 0.3) is 0 Å². The molecule has 0 bridgehead atoms. The van der Waals surface area contributed by atoms with E-state index in [0.717, 1.165) is 24.8 Å². The van der Waals surface area contributed by atoms with E-state index in [4.69, 9.17) is 9.47 Å². The molecule has 0 saturated heterocycles. The van der Waals surface area contributed by atoms with E-state index in [9.17, 15) is 4.79 Å². The van der Waals surface area contributed by atoms with Crippen molar-refractivity contribution in [3.63, 3.8) is 0 Å². The summed E-state index contributed by atoms with van der Waals surface area (Å²) in [5.74, 6) is -0.228. The summed E-state index contributed by atoms with van der Waals surface area (Å²) < 4.78 is 9.85. The van der Waals surface area contributed by atoms with Crippen LogP contribution in [0.4, 0.5) is 0 Å². The van der Waals surface area contributed by atoms with Crippen LogP contribution < -0.4 is 0 Å². The molecule has 0 radical (unpaired) electrons. The van der Waals surface area contributed by atoms with Crippen LogP contribution in [0.3, 0.4) is 0 Å². The van der Waals surface area contributed by atoms with Crippen LogP contribution in [0.2, 0.25) is 0 Å². The van der Waals surface area contributed by atoms with Crippen molar-refractivity contribution in [1.82, 2.24) is 0 Å². The predicted octanol–water partition coefficient (Wildman–Crippen LogP) is 2.02. The van der Waals surface area contributed by atoms with Gasteiger partial charge in [-0.25, -0.2) is 4.79 Å². The highest BCUT2D eigenvalue weighted by molar-refractivity contribution is 5.88. The number of carbonyl (C=O) groups is 1. The average Bonchev–Trinajstić information content (AvgIpc) is 2.19. The molecular formula is C10H16O3. The summed E-state index contributed by atoms with van der Waals surface area (Å²) in [6.07, 6.45) is 5.61. The molecule has 13 heavy (non-hydrogen) atoms. The van der Waals surface area contributed by atoms with Crippen molar-refractivity contribution in [1.29, 1.82) is 0 Å². The van der Waals surface area contributed by atoms with Crippen molar-refractivity contribution in [3.8, 4) is 0 Å². The summed E-state index contributed by atoms with van der Waals surface area (Å²) in [6.45, 7) is 1.71. The van der Waals surface area contributed by atoms with Gasteiger partial charge in [0, 0.05) is 12.7 Å². The lowest BCUT2D eigenvalue weighted by Crippen LogP contribution is -2.18. The minimum Gasteiger partial charge on any atom is -0.433 e. The first-order valence-corrected chi connectivity index (χ1v) is 4.67. The highest BCUT2D eigenvalue weighted by Gasteiger charge is 2.15. The molecule has 74 valence electrons. The number of hydrogen-bond donors (Lipinski definition) is 0. The SMILES string of the molecule is COC(C)OC(=O)C1=CCCCC1. The van der Waals surface area contributed by atoms with E-state index in [2.05, 4.69) is 0 Å². The molecule has 3 nitrogen and oxygen atoms in total. The van der Waals surface area contributed by atoms with Gasteiger partial charge in [-0.2, -0.15) is 0 Å². The molecule has 0 aromatic carbocycles. The lowest BCUT2D eigenvalue weighted by atomic mass is 10.00. The maximum atomic E-state index is 11.4. The summed E-state index contributed by atoms with van der Waals surface area (Å²) in [4.78, 5) is 11.4. The van der Waals surface area contributed by atoms with Crippen LogP contribution in [0, 0.1) is 0 Å². The fourth-order valence-electron chi connectivity index (χ4n) is 1.30. The van der Waals surface area contributed by atoms with Gasteiger partial charge in [0.2, 0.25) is 0 Å².